The second kappa shape index (κ2) is 6.57. The number of anilines is 3. The van der Waals surface area contributed by atoms with E-state index in [1.807, 2.05) is 19.1 Å². The van der Waals surface area contributed by atoms with Crippen molar-refractivity contribution >= 4 is 28.8 Å². The zero-order valence-corrected chi connectivity index (χ0v) is 12.8. The molecule has 2 aromatic rings. The molecule has 1 heterocycles. The molecule has 20 heavy (non-hydrogen) atoms. The van der Waals surface area contributed by atoms with Crippen LogP contribution in [-0.4, -0.2) is 23.1 Å². The molecule has 4 nitrogen and oxygen atoms in total. The highest BCUT2D eigenvalue weighted by Gasteiger charge is 2.06. The van der Waals surface area contributed by atoms with E-state index >= 15 is 0 Å². The average Bonchev–Trinajstić information content (AvgIpc) is 2.47. The maximum atomic E-state index is 5.99. The maximum absolute atomic E-state index is 5.99. The first-order valence-corrected chi connectivity index (χ1v) is 7.12. The van der Waals surface area contributed by atoms with Gasteiger partial charge in [-0.05, 0) is 45.0 Å². The zero-order valence-electron chi connectivity index (χ0n) is 12.0. The van der Waals surface area contributed by atoms with Crippen molar-refractivity contribution in [1.82, 2.24) is 9.97 Å². The molecule has 0 bridgehead atoms. The Morgan fingerprint density at radius 3 is 2.35 bits per heavy atom. The molecular formula is C15H19ClN4. The summed E-state index contributed by atoms with van der Waals surface area (Å²) >= 11 is 5.99. The minimum atomic E-state index is 0.474. The summed E-state index contributed by atoms with van der Waals surface area (Å²) in [7, 11) is 0. The lowest BCUT2D eigenvalue weighted by Gasteiger charge is -2.21. The summed E-state index contributed by atoms with van der Waals surface area (Å²) < 4.78 is 0. The molecule has 1 aromatic carbocycles. The molecule has 0 amide bonds. The highest BCUT2D eigenvalue weighted by Crippen LogP contribution is 2.24. The van der Waals surface area contributed by atoms with E-state index in [-0.39, 0.29) is 0 Å². The fourth-order valence-electron chi connectivity index (χ4n) is 2.04. The number of rotatable bonds is 5. The summed E-state index contributed by atoms with van der Waals surface area (Å²) in [6, 6.07) is 8.30. The van der Waals surface area contributed by atoms with Gasteiger partial charge in [0.15, 0.2) is 0 Å². The summed E-state index contributed by atoms with van der Waals surface area (Å²) in [5, 5.41) is 3.74. The quantitative estimate of drug-likeness (QED) is 0.844. The predicted octanol–water partition coefficient (Wildman–Crippen LogP) is 4.03. The minimum Gasteiger partial charge on any atom is -0.372 e. The molecule has 1 aromatic heterocycles. The lowest BCUT2D eigenvalue weighted by molar-refractivity contribution is 0.866. The molecule has 0 spiro atoms. The van der Waals surface area contributed by atoms with Crippen molar-refractivity contribution in [3.63, 3.8) is 0 Å². The van der Waals surface area contributed by atoms with E-state index in [9.17, 15) is 0 Å². The smallest absolute Gasteiger partial charge is 0.138 e. The third-order valence-electron chi connectivity index (χ3n) is 3.28. The average molecular weight is 291 g/mol. The van der Waals surface area contributed by atoms with Gasteiger partial charge in [-0.1, -0.05) is 11.6 Å². The van der Waals surface area contributed by atoms with Crippen LogP contribution in [0.1, 0.15) is 19.4 Å². The van der Waals surface area contributed by atoms with Crippen LogP contribution in [-0.2, 0) is 0 Å². The van der Waals surface area contributed by atoms with Gasteiger partial charge < -0.3 is 10.2 Å². The van der Waals surface area contributed by atoms with Gasteiger partial charge in [-0.3, -0.25) is 0 Å². The number of hydrogen-bond acceptors (Lipinski definition) is 4. The van der Waals surface area contributed by atoms with E-state index in [0.717, 1.165) is 30.2 Å². The van der Waals surface area contributed by atoms with Crippen molar-refractivity contribution in [2.45, 2.75) is 20.8 Å². The molecule has 0 aliphatic rings. The van der Waals surface area contributed by atoms with Crippen LogP contribution in [0.4, 0.5) is 17.2 Å². The van der Waals surface area contributed by atoms with Crippen LogP contribution in [0.5, 0.6) is 0 Å². The lowest BCUT2D eigenvalue weighted by Crippen LogP contribution is -2.21. The molecule has 0 aliphatic heterocycles. The molecule has 0 unspecified atom stereocenters. The fourth-order valence-corrected chi connectivity index (χ4v) is 2.17. The topological polar surface area (TPSA) is 41.0 Å². The molecule has 0 saturated heterocycles. The van der Waals surface area contributed by atoms with E-state index in [1.165, 1.54) is 12.0 Å². The normalized spacial score (nSPS) is 10.4. The SMILES string of the molecule is CCN(CC)c1ccc(Nc2ncnc(Cl)c2C)cc1. The van der Waals surface area contributed by atoms with Crippen LogP contribution >= 0.6 is 11.6 Å². The number of aromatic nitrogens is 2. The summed E-state index contributed by atoms with van der Waals surface area (Å²) in [6.45, 7) is 8.21. The Bertz CT molecular complexity index is 565. The molecule has 0 saturated carbocycles. The zero-order chi connectivity index (χ0) is 14.5. The Morgan fingerprint density at radius 2 is 1.75 bits per heavy atom. The summed E-state index contributed by atoms with van der Waals surface area (Å²) in [5.74, 6) is 0.737. The van der Waals surface area contributed by atoms with Crippen LogP contribution in [0.25, 0.3) is 0 Å². The van der Waals surface area contributed by atoms with Crippen LogP contribution in [0.15, 0.2) is 30.6 Å². The van der Waals surface area contributed by atoms with E-state index in [2.05, 4.69) is 46.2 Å². The van der Waals surface area contributed by atoms with Crippen molar-refractivity contribution in [3.05, 3.63) is 41.3 Å². The second-order valence-electron chi connectivity index (χ2n) is 4.48. The van der Waals surface area contributed by atoms with Gasteiger partial charge in [-0.15, -0.1) is 0 Å². The molecule has 0 radical (unpaired) electrons. The summed E-state index contributed by atoms with van der Waals surface area (Å²) in [5.41, 5.74) is 3.05. The number of benzene rings is 1. The first-order valence-electron chi connectivity index (χ1n) is 6.74. The largest absolute Gasteiger partial charge is 0.372 e. The number of halogens is 1. The van der Waals surface area contributed by atoms with Crippen molar-refractivity contribution in [3.8, 4) is 0 Å². The predicted molar refractivity (Wildman–Crippen MR) is 85.1 cm³/mol. The van der Waals surface area contributed by atoms with Crippen LogP contribution < -0.4 is 10.2 Å². The molecular weight excluding hydrogens is 272 g/mol. The molecule has 5 heteroatoms. The second-order valence-corrected chi connectivity index (χ2v) is 4.84. The van der Waals surface area contributed by atoms with Gasteiger partial charge in [0.1, 0.15) is 17.3 Å². The number of nitrogens with one attached hydrogen (secondary N) is 1. The Kier molecular flexibility index (Phi) is 4.79. The third kappa shape index (κ3) is 3.20. The first kappa shape index (κ1) is 14.6. The van der Waals surface area contributed by atoms with Gasteiger partial charge in [0, 0.05) is 30.0 Å². The monoisotopic (exact) mass is 290 g/mol. The van der Waals surface area contributed by atoms with Crippen molar-refractivity contribution in [1.29, 1.82) is 0 Å². The van der Waals surface area contributed by atoms with Gasteiger partial charge in [0.2, 0.25) is 0 Å². The summed E-state index contributed by atoms with van der Waals surface area (Å²) in [6.07, 6.45) is 1.46. The van der Waals surface area contributed by atoms with Crippen molar-refractivity contribution in [2.24, 2.45) is 0 Å². The molecule has 1 N–H and O–H groups in total. The Morgan fingerprint density at radius 1 is 1.10 bits per heavy atom. The van der Waals surface area contributed by atoms with Gasteiger partial charge >= 0.3 is 0 Å². The molecule has 0 atom stereocenters. The van der Waals surface area contributed by atoms with Crippen molar-refractivity contribution in [2.75, 3.05) is 23.3 Å². The Hall–Kier alpha value is -1.81. The number of nitrogens with zero attached hydrogens (tertiary/aromatic N) is 3. The lowest BCUT2D eigenvalue weighted by atomic mass is 10.2. The van der Waals surface area contributed by atoms with Gasteiger partial charge in [-0.25, -0.2) is 9.97 Å². The van der Waals surface area contributed by atoms with Crippen LogP contribution in [0.3, 0.4) is 0 Å². The van der Waals surface area contributed by atoms with Crippen LogP contribution in [0, 0.1) is 6.92 Å². The van der Waals surface area contributed by atoms with E-state index in [1.54, 1.807) is 0 Å². The van der Waals surface area contributed by atoms with Crippen LogP contribution in [0.2, 0.25) is 5.15 Å². The highest BCUT2D eigenvalue weighted by molar-refractivity contribution is 6.30. The fraction of sp³-hybridized carbons (Fsp3) is 0.333. The van der Waals surface area contributed by atoms with Gasteiger partial charge in [0.05, 0.1) is 0 Å². The molecule has 0 fully saturated rings. The Labute approximate surface area is 124 Å². The van der Waals surface area contributed by atoms with Gasteiger partial charge in [0.25, 0.3) is 0 Å². The molecule has 106 valence electrons. The maximum Gasteiger partial charge on any atom is 0.138 e. The highest BCUT2D eigenvalue weighted by atomic mass is 35.5. The third-order valence-corrected chi connectivity index (χ3v) is 3.66. The molecule has 0 aliphatic carbocycles. The standard InChI is InChI=1S/C15H19ClN4/c1-4-20(5-2)13-8-6-12(7-9-13)19-15-11(3)14(16)17-10-18-15/h6-10H,4-5H2,1-3H3,(H,17,18,19). The molecule has 2 rings (SSSR count). The number of hydrogen-bond donors (Lipinski definition) is 1. The van der Waals surface area contributed by atoms with Gasteiger partial charge in [-0.2, -0.15) is 0 Å². The van der Waals surface area contributed by atoms with E-state index in [4.69, 9.17) is 11.6 Å². The van der Waals surface area contributed by atoms with Crippen molar-refractivity contribution < 1.29 is 0 Å². The minimum absolute atomic E-state index is 0.474. The first-order chi connectivity index (χ1) is 9.65. The van der Waals surface area contributed by atoms with E-state index in [0.29, 0.717) is 5.15 Å². The van der Waals surface area contributed by atoms with E-state index < -0.39 is 0 Å². The summed E-state index contributed by atoms with van der Waals surface area (Å²) in [4.78, 5) is 10.5. The Balaban J connectivity index is 2.17.